The molecule has 1 aliphatic carbocycles. The summed E-state index contributed by atoms with van der Waals surface area (Å²) < 4.78 is 0. The van der Waals surface area contributed by atoms with Gasteiger partial charge >= 0.3 is 0 Å². The highest BCUT2D eigenvalue weighted by Crippen LogP contribution is 2.30. The van der Waals surface area contributed by atoms with Crippen LogP contribution in [0.15, 0.2) is 0 Å². The zero-order valence-electron chi connectivity index (χ0n) is 10.1. The number of aliphatic hydroxyl groups is 1. The maximum Gasteiger partial charge on any atom is 0.241 e. The second-order valence-corrected chi connectivity index (χ2v) is 5.15. The highest BCUT2D eigenvalue weighted by Gasteiger charge is 2.33. The summed E-state index contributed by atoms with van der Waals surface area (Å²) in [6.07, 6.45) is 5.88. The minimum Gasteiger partial charge on any atom is -0.389 e. The Labute approximate surface area is 101 Å². The number of hydrogen-bond acceptors (Lipinski definition) is 3. The van der Waals surface area contributed by atoms with Gasteiger partial charge in [0.2, 0.25) is 11.8 Å². The van der Waals surface area contributed by atoms with Gasteiger partial charge in [-0.15, -0.1) is 0 Å². The molecule has 0 radical (unpaired) electrons. The molecule has 2 N–H and O–H groups in total. The third kappa shape index (κ3) is 3.19. The molecular formula is C12H20N2O3. The van der Waals surface area contributed by atoms with Crippen molar-refractivity contribution in [1.29, 1.82) is 0 Å². The van der Waals surface area contributed by atoms with E-state index in [1.54, 1.807) is 0 Å². The molecule has 2 amide bonds. The molecule has 0 aromatic heterocycles. The number of amides is 2. The first-order chi connectivity index (χ1) is 8.09. The van der Waals surface area contributed by atoms with E-state index < -0.39 is 5.60 Å². The van der Waals surface area contributed by atoms with Gasteiger partial charge < -0.3 is 5.11 Å². The van der Waals surface area contributed by atoms with Gasteiger partial charge in [-0.05, 0) is 19.3 Å². The molecule has 96 valence electrons. The molecule has 5 heteroatoms. The second-order valence-electron chi connectivity index (χ2n) is 5.15. The number of nitrogens with zero attached hydrogens (tertiary/aromatic N) is 1. The Hall–Kier alpha value is -1.10. The molecule has 1 heterocycles. The lowest BCUT2D eigenvalue weighted by Crippen LogP contribution is -2.46. The number of carbonyl (C=O) groups is 2. The largest absolute Gasteiger partial charge is 0.389 e. The average molecular weight is 240 g/mol. The Balaban J connectivity index is 1.82. The minimum absolute atomic E-state index is 0.0333. The summed E-state index contributed by atoms with van der Waals surface area (Å²) in [6, 6.07) is 0. The molecule has 2 rings (SSSR count). The number of carbonyl (C=O) groups excluding carboxylic acids is 2. The molecule has 5 nitrogen and oxygen atoms in total. The third-order valence-corrected chi connectivity index (χ3v) is 3.61. The fourth-order valence-electron chi connectivity index (χ4n) is 2.64. The molecule has 2 fully saturated rings. The van der Waals surface area contributed by atoms with Crippen LogP contribution in [-0.2, 0) is 9.59 Å². The number of hydrogen-bond donors (Lipinski definition) is 2. The summed E-state index contributed by atoms with van der Waals surface area (Å²) in [5.41, 5.74) is 1.73. The first-order valence-corrected chi connectivity index (χ1v) is 6.41. The molecule has 2 aliphatic rings. The van der Waals surface area contributed by atoms with Crippen molar-refractivity contribution in [3.05, 3.63) is 0 Å². The van der Waals surface area contributed by atoms with E-state index in [1.807, 2.05) is 0 Å². The molecule has 17 heavy (non-hydrogen) atoms. The topological polar surface area (TPSA) is 69.6 Å². The van der Waals surface area contributed by atoms with E-state index in [2.05, 4.69) is 5.43 Å². The van der Waals surface area contributed by atoms with Crippen LogP contribution < -0.4 is 5.43 Å². The van der Waals surface area contributed by atoms with E-state index in [4.69, 9.17) is 0 Å². The molecule has 0 spiro atoms. The SMILES string of the molecule is O=C(CC1(O)CCCCC1)NN1CCCC1=O. The molecule has 0 aromatic carbocycles. The quantitative estimate of drug-likeness (QED) is 0.764. The maximum atomic E-state index is 11.8. The van der Waals surface area contributed by atoms with Crippen molar-refractivity contribution in [3.63, 3.8) is 0 Å². The first kappa shape index (κ1) is 12.4. The van der Waals surface area contributed by atoms with Gasteiger partial charge in [-0.25, -0.2) is 0 Å². The number of nitrogens with one attached hydrogen (secondary N) is 1. The van der Waals surface area contributed by atoms with Crippen LogP contribution in [0.5, 0.6) is 0 Å². The fraction of sp³-hybridized carbons (Fsp3) is 0.833. The zero-order valence-corrected chi connectivity index (χ0v) is 10.1. The Kier molecular flexibility index (Phi) is 3.66. The Morgan fingerprint density at radius 1 is 1.29 bits per heavy atom. The summed E-state index contributed by atoms with van der Waals surface area (Å²) in [7, 11) is 0. The van der Waals surface area contributed by atoms with Crippen molar-refractivity contribution in [3.8, 4) is 0 Å². The molecule has 0 bridgehead atoms. The monoisotopic (exact) mass is 240 g/mol. The van der Waals surface area contributed by atoms with Gasteiger partial charge in [0.1, 0.15) is 0 Å². The summed E-state index contributed by atoms with van der Waals surface area (Å²) in [5, 5.41) is 11.6. The van der Waals surface area contributed by atoms with E-state index in [1.165, 1.54) is 5.01 Å². The van der Waals surface area contributed by atoms with Crippen molar-refractivity contribution in [2.24, 2.45) is 0 Å². The Bertz CT molecular complexity index is 311. The van der Waals surface area contributed by atoms with Crippen LogP contribution >= 0.6 is 0 Å². The van der Waals surface area contributed by atoms with Crippen LogP contribution in [-0.4, -0.2) is 34.1 Å². The standard InChI is InChI=1S/C12H20N2O3/c15-10(13-14-8-4-5-11(14)16)9-12(17)6-2-1-3-7-12/h17H,1-9H2,(H,13,15). The predicted octanol–water partition coefficient (Wildman–Crippen LogP) is 0.725. The van der Waals surface area contributed by atoms with Crippen molar-refractivity contribution in [1.82, 2.24) is 10.4 Å². The van der Waals surface area contributed by atoms with Gasteiger partial charge in [0.15, 0.2) is 0 Å². The molecule has 1 aliphatic heterocycles. The van der Waals surface area contributed by atoms with Gasteiger partial charge in [-0.1, -0.05) is 19.3 Å². The molecule has 0 atom stereocenters. The lowest BCUT2D eigenvalue weighted by atomic mass is 9.82. The smallest absolute Gasteiger partial charge is 0.241 e. The van der Waals surface area contributed by atoms with Crippen LogP contribution in [0.4, 0.5) is 0 Å². The summed E-state index contributed by atoms with van der Waals surface area (Å²) in [4.78, 5) is 23.1. The van der Waals surface area contributed by atoms with E-state index in [-0.39, 0.29) is 18.2 Å². The van der Waals surface area contributed by atoms with Gasteiger partial charge in [-0.3, -0.25) is 20.0 Å². The fourth-order valence-corrected chi connectivity index (χ4v) is 2.64. The van der Waals surface area contributed by atoms with Gasteiger partial charge in [0.05, 0.1) is 12.0 Å². The lowest BCUT2D eigenvalue weighted by molar-refractivity contribution is -0.141. The molecular weight excluding hydrogens is 220 g/mol. The van der Waals surface area contributed by atoms with Gasteiger partial charge in [0, 0.05) is 13.0 Å². The third-order valence-electron chi connectivity index (χ3n) is 3.61. The van der Waals surface area contributed by atoms with Crippen LogP contribution in [0.3, 0.4) is 0 Å². The van der Waals surface area contributed by atoms with Gasteiger partial charge in [0.25, 0.3) is 0 Å². The average Bonchev–Trinajstić information content (AvgIpc) is 2.64. The summed E-state index contributed by atoms with van der Waals surface area (Å²) in [6.45, 7) is 0.586. The zero-order chi connectivity index (χ0) is 12.3. The Morgan fingerprint density at radius 3 is 2.59 bits per heavy atom. The normalized spacial score (nSPS) is 23.8. The molecule has 0 aromatic rings. The number of rotatable bonds is 3. The summed E-state index contributed by atoms with van der Waals surface area (Å²) >= 11 is 0. The van der Waals surface area contributed by atoms with E-state index in [0.29, 0.717) is 25.8 Å². The number of hydrazine groups is 1. The minimum atomic E-state index is -0.856. The maximum absolute atomic E-state index is 11.8. The lowest BCUT2D eigenvalue weighted by Gasteiger charge is -2.32. The van der Waals surface area contributed by atoms with Gasteiger partial charge in [-0.2, -0.15) is 0 Å². The van der Waals surface area contributed by atoms with Crippen molar-refractivity contribution in [2.75, 3.05) is 6.54 Å². The predicted molar refractivity (Wildman–Crippen MR) is 61.7 cm³/mol. The highest BCUT2D eigenvalue weighted by molar-refractivity contribution is 5.83. The van der Waals surface area contributed by atoms with Crippen LogP contribution in [0.25, 0.3) is 0 Å². The highest BCUT2D eigenvalue weighted by atomic mass is 16.3. The Morgan fingerprint density at radius 2 is 2.00 bits per heavy atom. The van der Waals surface area contributed by atoms with Crippen LogP contribution in [0.1, 0.15) is 51.4 Å². The van der Waals surface area contributed by atoms with Crippen LogP contribution in [0, 0.1) is 0 Å². The van der Waals surface area contributed by atoms with E-state index in [0.717, 1.165) is 25.7 Å². The van der Waals surface area contributed by atoms with Crippen molar-refractivity contribution >= 4 is 11.8 Å². The van der Waals surface area contributed by atoms with Crippen molar-refractivity contribution < 1.29 is 14.7 Å². The molecule has 1 saturated heterocycles. The van der Waals surface area contributed by atoms with E-state index >= 15 is 0 Å². The molecule has 0 unspecified atom stereocenters. The van der Waals surface area contributed by atoms with E-state index in [9.17, 15) is 14.7 Å². The second kappa shape index (κ2) is 5.04. The van der Waals surface area contributed by atoms with Crippen LogP contribution in [0.2, 0.25) is 0 Å². The van der Waals surface area contributed by atoms with Crippen molar-refractivity contribution in [2.45, 2.75) is 57.0 Å². The molecule has 1 saturated carbocycles. The summed E-state index contributed by atoms with van der Waals surface area (Å²) in [5.74, 6) is -0.279. The first-order valence-electron chi connectivity index (χ1n) is 6.41.